The fraction of sp³-hybridized carbons (Fsp3) is 0.182. The molecule has 4 rings (SSSR count). The van der Waals surface area contributed by atoms with E-state index < -0.39 is 27.7 Å². The number of thioether (sulfide) groups is 1. The highest BCUT2D eigenvalue weighted by molar-refractivity contribution is 7.99. The van der Waals surface area contributed by atoms with E-state index in [-0.39, 0.29) is 29.3 Å². The topological polar surface area (TPSA) is 118 Å². The fourth-order valence-corrected chi connectivity index (χ4v) is 4.90. The summed E-state index contributed by atoms with van der Waals surface area (Å²) in [5, 5.41) is 15.1. The lowest BCUT2D eigenvalue weighted by molar-refractivity contribution is -0.137. The van der Waals surface area contributed by atoms with Crippen molar-refractivity contribution in [3.63, 3.8) is 0 Å². The number of nitrogens with one attached hydrogen (secondary N) is 2. The van der Waals surface area contributed by atoms with Crippen LogP contribution in [0.1, 0.15) is 11.4 Å². The molecule has 0 spiro atoms. The van der Waals surface area contributed by atoms with Crippen molar-refractivity contribution in [1.29, 1.82) is 0 Å². The summed E-state index contributed by atoms with van der Waals surface area (Å²) >= 11 is 1.02. The van der Waals surface area contributed by atoms with E-state index in [1.165, 1.54) is 34.8 Å². The molecule has 14 heteroatoms. The summed E-state index contributed by atoms with van der Waals surface area (Å²) in [4.78, 5) is 12.4. The van der Waals surface area contributed by atoms with Gasteiger partial charge in [-0.2, -0.15) is 22.8 Å². The number of hydrogen-bond donors (Lipinski definition) is 2. The molecule has 2 aromatic heterocycles. The zero-order valence-electron chi connectivity index (χ0n) is 18.4. The number of aromatic nitrogens is 4. The Balaban J connectivity index is 1.38. The molecule has 2 heterocycles. The van der Waals surface area contributed by atoms with Gasteiger partial charge in [0.1, 0.15) is 5.03 Å². The van der Waals surface area contributed by atoms with Crippen LogP contribution in [0.25, 0.3) is 5.65 Å². The van der Waals surface area contributed by atoms with Crippen LogP contribution in [0.5, 0.6) is 0 Å². The monoisotopic (exact) mass is 536 g/mol. The van der Waals surface area contributed by atoms with Gasteiger partial charge < -0.3 is 5.32 Å². The molecule has 4 aromatic rings. The maximum absolute atomic E-state index is 13.1. The molecular weight excluding hydrogens is 517 g/mol. The number of sulfonamides is 1. The normalized spacial score (nSPS) is 12.1. The van der Waals surface area contributed by atoms with E-state index in [0.717, 1.165) is 17.8 Å². The van der Waals surface area contributed by atoms with Crippen molar-refractivity contribution >= 4 is 39.0 Å². The first-order valence-electron chi connectivity index (χ1n) is 10.5. The third-order valence-electron chi connectivity index (χ3n) is 4.85. The summed E-state index contributed by atoms with van der Waals surface area (Å²) in [6, 6.07) is 15.9. The van der Waals surface area contributed by atoms with Crippen LogP contribution in [0.2, 0.25) is 0 Å². The van der Waals surface area contributed by atoms with Gasteiger partial charge in [-0.15, -0.1) is 10.2 Å². The van der Waals surface area contributed by atoms with E-state index in [1.807, 2.05) is 0 Å². The first-order valence-corrected chi connectivity index (χ1v) is 13.0. The van der Waals surface area contributed by atoms with Gasteiger partial charge in [-0.3, -0.25) is 4.79 Å². The molecule has 0 saturated heterocycles. The number of hydrogen-bond acceptors (Lipinski definition) is 7. The van der Waals surface area contributed by atoms with Crippen LogP contribution in [0.3, 0.4) is 0 Å². The predicted molar refractivity (Wildman–Crippen MR) is 127 cm³/mol. The molecule has 0 bridgehead atoms. The second kappa shape index (κ2) is 10.6. The molecule has 1 amide bonds. The number of para-hydroxylation sites is 1. The lowest BCUT2D eigenvalue weighted by atomic mass is 10.1. The highest BCUT2D eigenvalue weighted by atomic mass is 32.2. The van der Waals surface area contributed by atoms with Gasteiger partial charge >= 0.3 is 6.18 Å². The number of benzene rings is 2. The van der Waals surface area contributed by atoms with Gasteiger partial charge in [0, 0.05) is 13.0 Å². The average molecular weight is 537 g/mol. The Morgan fingerprint density at radius 2 is 1.69 bits per heavy atom. The van der Waals surface area contributed by atoms with Gasteiger partial charge in [-0.05, 0) is 36.4 Å². The van der Waals surface area contributed by atoms with Crippen LogP contribution in [0.15, 0.2) is 76.7 Å². The molecule has 0 atom stereocenters. The predicted octanol–water partition coefficient (Wildman–Crippen LogP) is 3.39. The number of anilines is 1. The van der Waals surface area contributed by atoms with Gasteiger partial charge in [0.05, 0.1) is 21.9 Å². The number of rotatable bonds is 9. The highest BCUT2D eigenvalue weighted by Crippen LogP contribution is 2.34. The van der Waals surface area contributed by atoms with Gasteiger partial charge in [0.2, 0.25) is 15.9 Å². The number of halogens is 3. The van der Waals surface area contributed by atoms with Crippen LogP contribution in [0.4, 0.5) is 18.9 Å². The first-order chi connectivity index (χ1) is 17.1. The molecule has 188 valence electrons. The minimum atomic E-state index is -4.59. The van der Waals surface area contributed by atoms with Crippen molar-refractivity contribution in [2.75, 3.05) is 17.6 Å². The highest BCUT2D eigenvalue weighted by Gasteiger charge is 2.33. The van der Waals surface area contributed by atoms with Crippen LogP contribution in [-0.4, -0.2) is 46.4 Å². The van der Waals surface area contributed by atoms with Gasteiger partial charge in [-0.25, -0.2) is 13.1 Å². The Morgan fingerprint density at radius 3 is 2.44 bits per heavy atom. The molecule has 0 aliphatic rings. The number of carbonyl (C=O) groups excluding carboxylic acids is 1. The molecule has 0 fully saturated rings. The summed E-state index contributed by atoms with van der Waals surface area (Å²) in [7, 11) is -3.68. The van der Waals surface area contributed by atoms with Crippen LogP contribution in [0, 0.1) is 0 Å². The molecule has 9 nitrogen and oxygen atoms in total. The molecule has 36 heavy (non-hydrogen) atoms. The lowest BCUT2D eigenvalue weighted by Gasteiger charge is -2.13. The molecule has 0 saturated carbocycles. The minimum Gasteiger partial charge on any atom is -0.325 e. The maximum atomic E-state index is 13.1. The van der Waals surface area contributed by atoms with Crippen molar-refractivity contribution < 1.29 is 26.4 Å². The largest absolute Gasteiger partial charge is 0.418 e. The van der Waals surface area contributed by atoms with E-state index in [1.54, 1.807) is 30.3 Å². The molecule has 2 aromatic carbocycles. The van der Waals surface area contributed by atoms with Crippen LogP contribution < -0.4 is 10.0 Å². The zero-order chi connectivity index (χ0) is 25.8. The van der Waals surface area contributed by atoms with Crippen molar-refractivity contribution in [2.24, 2.45) is 0 Å². The molecule has 0 aliphatic carbocycles. The zero-order valence-corrected chi connectivity index (χ0v) is 20.1. The van der Waals surface area contributed by atoms with E-state index in [2.05, 4.69) is 25.3 Å². The summed E-state index contributed by atoms with van der Waals surface area (Å²) in [5.41, 5.74) is -0.832. The number of nitrogens with zero attached hydrogens (tertiary/aromatic N) is 4. The van der Waals surface area contributed by atoms with Gasteiger partial charge in [-0.1, -0.05) is 42.1 Å². The van der Waals surface area contributed by atoms with Crippen LogP contribution in [-0.2, 0) is 27.4 Å². The smallest absolute Gasteiger partial charge is 0.325 e. The summed E-state index contributed by atoms with van der Waals surface area (Å²) < 4.78 is 68.0. The van der Waals surface area contributed by atoms with E-state index in [0.29, 0.717) is 16.5 Å². The van der Waals surface area contributed by atoms with Gasteiger partial charge in [0.15, 0.2) is 11.5 Å². The molecule has 0 unspecified atom stereocenters. The molecule has 0 aliphatic heterocycles. The summed E-state index contributed by atoms with van der Waals surface area (Å²) in [5.74, 6) is -0.413. The number of carbonyl (C=O) groups is 1. The fourth-order valence-electron chi connectivity index (χ4n) is 3.19. The van der Waals surface area contributed by atoms with Crippen molar-refractivity contribution in [3.8, 4) is 0 Å². The Kier molecular flexibility index (Phi) is 7.56. The Labute approximate surface area is 208 Å². The van der Waals surface area contributed by atoms with Crippen molar-refractivity contribution in [2.45, 2.75) is 22.5 Å². The van der Waals surface area contributed by atoms with E-state index in [9.17, 15) is 26.4 Å². The summed E-state index contributed by atoms with van der Waals surface area (Å²) in [6.07, 6.45) is -4.40. The Bertz CT molecular complexity index is 1480. The standard InChI is InChI=1S/C22H19F3N6O3S2/c23-22(24,25)16-8-4-5-9-17(16)27-20(32)14-35-21-11-10-18-28-29-19(31(18)30-21)12-13-26-36(33,34)15-6-2-1-3-7-15/h1-11,26H,12-14H2,(H,27,32). The number of amides is 1. The number of alkyl halides is 3. The first kappa shape index (κ1) is 25.6. The second-order valence-electron chi connectivity index (χ2n) is 7.40. The lowest BCUT2D eigenvalue weighted by Crippen LogP contribution is -2.26. The number of fused-ring (bicyclic) bond motifs is 1. The quantitative estimate of drug-likeness (QED) is 0.315. The Morgan fingerprint density at radius 1 is 0.972 bits per heavy atom. The third-order valence-corrected chi connectivity index (χ3v) is 7.25. The maximum Gasteiger partial charge on any atom is 0.418 e. The van der Waals surface area contributed by atoms with E-state index in [4.69, 9.17) is 0 Å². The summed E-state index contributed by atoms with van der Waals surface area (Å²) in [6.45, 7) is 0.0537. The minimum absolute atomic E-state index is 0.0537. The van der Waals surface area contributed by atoms with Crippen LogP contribution >= 0.6 is 11.8 Å². The van der Waals surface area contributed by atoms with Crippen molar-refractivity contribution in [1.82, 2.24) is 24.5 Å². The third kappa shape index (κ3) is 6.19. The average Bonchev–Trinajstić information content (AvgIpc) is 3.25. The van der Waals surface area contributed by atoms with Crippen molar-refractivity contribution in [3.05, 3.63) is 78.1 Å². The molecule has 0 radical (unpaired) electrons. The second-order valence-corrected chi connectivity index (χ2v) is 10.2. The van der Waals surface area contributed by atoms with Gasteiger partial charge in [0.25, 0.3) is 0 Å². The molecule has 2 N–H and O–H groups in total. The van der Waals surface area contributed by atoms with E-state index >= 15 is 0 Å². The molecular formula is C22H19F3N6O3S2. The Hall–Kier alpha value is -3.49. The SMILES string of the molecule is O=C(CSc1ccc2nnc(CCNS(=O)(=O)c3ccccc3)n2n1)Nc1ccccc1C(F)(F)F.